The van der Waals surface area contributed by atoms with Crippen molar-refractivity contribution in [1.82, 2.24) is 5.32 Å². The van der Waals surface area contributed by atoms with Crippen molar-refractivity contribution < 1.29 is 4.79 Å². The van der Waals surface area contributed by atoms with Crippen LogP contribution in [0.1, 0.15) is 6.42 Å². The highest BCUT2D eigenvalue weighted by molar-refractivity contribution is 5.57. The summed E-state index contributed by atoms with van der Waals surface area (Å²) in [6.45, 7) is 0. The Kier molecular flexibility index (Phi) is 4.15. The molecule has 0 saturated heterocycles. The van der Waals surface area contributed by atoms with Crippen molar-refractivity contribution in [2.75, 3.05) is 0 Å². The van der Waals surface area contributed by atoms with Gasteiger partial charge in [0.25, 0.3) is 0 Å². The summed E-state index contributed by atoms with van der Waals surface area (Å²) in [5.41, 5.74) is 0. The van der Waals surface area contributed by atoms with E-state index in [1.807, 2.05) is 0 Å². The summed E-state index contributed by atoms with van der Waals surface area (Å²) in [7, 11) is 0. The van der Waals surface area contributed by atoms with Crippen molar-refractivity contribution in [3.63, 3.8) is 0 Å². The molecule has 0 aromatic carbocycles. The molecule has 0 aliphatic carbocycles. The molecule has 3 nitrogen and oxygen atoms in total. The number of amides is 1. The van der Waals surface area contributed by atoms with Crippen molar-refractivity contribution in [2.45, 2.75) is 12.5 Å². The molecule has 9 heavy (non-hydrogen) atoms. The number of hydrogen-bond donors (Lipinski definition) is 2. The van der Waals surface area contributed by atoms with Crippen molar-refractivity contribution in [1.29, 1.82) is 5.41 Å². The minimum Gasteiger partial charge on any atom is -0.345 e. The van der Waals surface area contributed by atoms with Crippen LogP contribution >= 0.6 is 0 Å². The molecule has 2 N–H and O–H groups in total. The first-order chi connectivity index (χ1) is 4.35. The first-order valence-electron chi connectivity index (χ1n) is 2.50. The molecule has 0 aromatic rings. The summed E-state index contributed by atoms with van der Waals surface area (Å²) < 4.78 is 0. The molecule has 1 atom stereocenters. The first kappa shape index (κ1) is 7.70. The van der Waals surface area contributed by atoms with Gasteiger partial charge in [0, 0.05) is 6.42 Å². The van der Waals surface area contributed by atoms with E-state index in [1.165, 1.54) is 6.21 Å². The van der Waals surface area contributed by atoms with Gasteiger partial charge < -0.3 is 10.7 Å². The summed E-state index contributed by atoms with van der Waals surface area (Å²) >= 11 is 0. The summed E-state index contributed by atoms with van der Waals surface area (Å²) in [5, 5.41) is 9.00. The van der Waals surface area contributed by atoms with Crippen LogP contribution in [-0.4, -0.2) is 18.7 Å². The Hall–Kier alpha value is -1.30. The van der Waals surface area contributed by atoms with Crippen LogP contribution in [0.15, 0.2) is 0 Å². The van der Waals surface area contributed by atoms with Gasteiger partial charge in [-0.25, -0.2) is 0 Å². The van der Waals surface area contributed by atoms with E-state index in [-0.39, 0.29) is 6.04 Å². The Morgan fingerprint density at radius 3 is 2.89 bits per heavy atom. The van der Waals surface area contributed by atoms with E-state index in [4.69, 9.17) is 11.8 Å². The maximum absolute atomic E-state index is 9.77. The highest BCUT2D eigenvalue weighted by atomic mass is 16.1. The van der Waals surface area contributed by atoms with Crippen LogP contribution in [0.2, 0.25) is 0 Å². The second kappa shape index (κ2) is 4.85. The lowest BCUT2D eigenvalue weighted by molar-refractivity contribution is -0.109. The molecule has 1 amide bonds. The third-order valence-electron chi connectivity index (χ3n) is 0.824. The number of carbonyl (C=O) groups is 1. The van der Waals surface area contributed by atoms with Crippen molar-refractivity contribution in [3.05, 3.63) is 0 Å². The lowest BCUT2D eigenvalue weighted by Crippen LogP contribution is -2.25. The summed E-state index contributed by atoms with van der Waals surface area (Å²) in [4.78, 5) is 9.77. The van der Waals surface area contributed by atoms with Gasteiger partial charge in [-0.15, -0.1) is 6.42 Å². The average molecular weight is 124 g/mol. The Morgan fingerprint density at radius 2 is 2.56 bits per heavy atom. The number of nitrogens with one attached hydrogen (secondary N) is 2. The van der Waals surface area contributed by atoms with E-state index >= 15 is 0 Å². The SMILES string of the molecule is C#CC(CC=N)NC=O. The van der Waals surface area contributed by atoms with Gasteiger partial charge in [-0.3, -0.25) is 4.79 Å². The van der Waals surface area contributed by atoms with E-state index in [0.29, 0.717) is 12.8 Å². The third-order valence-corrected chi connectivity index (χ3v) is 0.824. The smallest absolute Gasteiger partial charge is 0.208 e. The van der Waals surface area contributed by atoms with Crippen molar-refractivity contribution >= 4 is 12.6 Å². The molecular weight excluding hydrogens is 116 g/mol. The van der Waals surface area contributed by atoms with Gasteiger partial charge in [0.1, 0.15) is 0 Å². The average Bonchev–Trinajstić information content (AvgIpc) is 1.88. The van der Waals surface area contributed by atoms with Crippen LogP contribution in [-0.2, 0) is 4.79 Å². The Bertz CT molecular complexity index is 126. The summed E-state index contributed by atoms with van der Waals surface area (Å²) in [6.07, 6.45) is 7.07. The van der Waals surface area contributed by atoms with Gasteiger partial charge in [-0.2, -0.15) is 0 Å². The predicted octanol–water partition coefficient (Wildman–Crippen LogP) is -0.226. The van der Waals surface area contributed by atoms with Crippen molar-refractivity contribution in [3.8, 4) is 12.3 Å². The molecule has 0 rings (SSSR count). The standard InChI is InChI=1S/C6H8N2O/c1-2-6(3-4-7)8-5-9/h1,4-7H,3H2,(H,8,9). The molecule has 1 unspecified atom stereocenters. The predicted molar refractivity (Wildman–Crippen MR) is 35.2 cm³/mol. The molecule has 0 heterocycles. The van der Waals surface area contributed by atoms with Crippen LogP contribution in [0.25, 0.3) is 0 Å². The minimum atomic E-state index is -0.319. The van der Waals surface area contributed by atoms with Gasteiger partial charge in [-0.1, -0.05) is 5.92 Å². The van der Waals surface area contributed by atoms with E-state index in [1.54, 1.807) is 0 Å². The van der Waals surface area contributed by atoms with E-state index in [2.05, 4.69) is 11.2 Å². The number of terminal acetylenes is 1. The largest absolute Gasteiger partial charge is 0.345 e. The number of rotatable bonds is 4. The Morgan fingerprint density at radius 1 is 1.89 bits per heavy atom. The topological polar surface area (TPSA) is 53.0 Å². The van der Waals surface area contributed by atoms with Crippen molar-refractivity contribution in [2.24, 2.45) is 0 Å². The summed E-state index contributed by atoms with van der Waals surface area (Å²) in [5.74, 6) is 2.31. The fourth-order valence-corrected chi connectivity index (χ4v) is 0.384. The second-order valence-electron chi connectivity index (χ2n) is 1.44. The van der Waals surface area contributed by atoms with Gasteiger partial charge in [0.15, 0.2) is 0 Å². The molecule has 0 aromatic heterocycles. The zero-order valence-corrected chi connectivity index (χ0v) is 4.92. The lowest BCUT2D eigenvalue weighted by atomic mass is 10.2. The fraction of sp³-hybridized carbons (Fsp3) is 0.333. The molecule has 0 bridgehead atoms. The molecule has 0 fully saturated rings. The van der Waals surface area contributed by atoms with Crippen LogP contribution in [0.5, 0.6) is 0 Å². The normalized spacial score (nSPS) is 11.0. The molecule has 0 saturated carbocycles. The number of carbonyl (C=O) groups excluding carboxylic acids is 1. The zero-order chi connectivity index (χ0) is 7.11. The second-order valence-corrected chi connectivity index (χ2v) is 1.44. The quantitative estimate of drug-likeness (QED) is 0.303. The minimum absolute atomic E-state index is 0.319. The van der Waals surface area contributed by atoms with Crippen LogP contribution in [0.4, 0.5) is 0 Å². The van der Waals surface area contributed by atoms with E-state index in [0.717, 1.165) is 0 Å². The molecule has 0 aliphatic rings. The number of hydrogen-bond acceptors (Lipinski definition) is 2. The zero-order valence-electron chi connectivity index (χ0n) is 4.92. The maximum Gasteiger partial charge on any atom is 0.208 e. The van der Waals surface area contributed by atoms with Gasteiger partial charge in [0.2, 0.25) is 6.41 Å². The summed E-state index contributed by atoms with van der Waals surface area (Å²) in [6, 6.07) is -0.319. The van der Waals surface area contributed by atoms with E-state index in [9.17, 15) is 4.79 Å². The fourth-order valence-electron chi connectivity index (χ4n) is 0.384. The lowest BCUT2D eigenvalue weighted by Gasteiger charge is -2.02. The van der Waals surface area contributed by atoms with Crippen LogP contribution < -0.4 is 5.32 Å². The Balaban J connectivity index is 3.56. The van der Waals surface area contributed by atoms with Gasteiger partial charge in [-0.05, 0) is 6.21 Å². The van der Waals surface area contributed by atoms with Crippen LogP contribution in [0, 0.1) is 17.8 Å². The molecule has 0 aliphatic heterocycles. The molecule has 48 valence electrons. The van der Waals surface area contributed by atoms with Gasteiger partial charge in [0.05, 0.1) is 6.04 Å². The van der Waals surface area contributed by atoms with E-state index < -0.39 is 0 Å². The van der Waals surface area contributed by atoms with Gasteiger partial charge >= 0.3 is 0 Å². The molecular formula is C6H8N2O. The molecule has 3 heteroatoms. The Labute approximate surface area is 54.0 Å². The first-order valence-corrected chi connectivity index (χ1v) is 2.50. The molecule has 0 radical (unpaired) electrons. The highest BCUT2D eigenvalue weighted by Crippen LogP contribution is 1.82. The monoisotopic (exact) mass is 124 g/mol. The van der Waals surface area contributed by atoms with Crippen LogP contribution in [0.3, 0.4) is 0 Å². The highest BCUT2D eigenvalue weighted by Gasteiger charge is 1.96. The third kappa shape index (κ3) is 3.30. The molecule has 0 spiro atoms. The maximum atomic E-state index is 9.77.